The smallest absolute Gasteiger partial charge is 0.0407 e. The number of piperidine rings is 1. The van der Waals surface area contributed by atoms with Crippen LogP contribution in [0.1, 0.15) is 32.6 Å². The van der Waals surface area contributed by atoms with Gasteiger partial charge in [0.15, 0.2) is 0 Å². The molecule has 98 valence electrons. The van der Waals surface area contributed by atoms with Crippen molar-refractivity contribution in [1.82, 2.24) is 5.32 Å². The average molecular weight is 265 g/mol. The summed E-state index contributed by atoms with van der Waals surface area (Å²) >= 11 is 5.97. The van der Waals surface area contributed by atoms with Crippen molar-refractivity contribution in [3.05, 3.63) is 29.3 Å². The molecular formula is C15H21ClN2. The molecule has 2 saturated heterocycles. The van der Waals surface area contributed by atoms with E-state index in [9.17, 15) is 0 Å². The Hall–Kier alpha value is -0.730. The highest BCUT2D eigenvalue weighted by atomic mass is 35.5. The molecule has 0 aliphatic carbocycles. The molecule has 0 aromatic heterocycles. The maximum Gasteiger partial charge on any atom is 0.0407 e. The number of benzene rings is 1. The maximum atomic E-state index is 5.97. The quantitative estimate of drug-likeness (QED) is 0.900. The van der Waals surface area contributed by atoms with Gasteiger partial charge in [-0.1, -0.05) is 18.5 Å². The van der Waals surface area contributed by atoms with Crippen LogP contribution in [0.25, 0.3) is 0 Å². The minimum atomic E-state index is 0.717. The minimum Gasteiger partial charge on any atom is -0.365 e. The van der Waals surface area contributed by atoms with Crippen molar-refractivity contribution >= 4 is 17.3 Å². The predicted molar refractivity (Wildman–Crippen MR) is 77.4 cm³/mol. The monoisotopic (exact) mass is 264 g/mol. The summed E-state index contributed by atoms with van der Waals surface area (Å²) < 4.78 is 0. The van der Waals surface area contributed by atoms with E-state index >= 15 is 0 Å². The minimum absolute atomic E-state index is 0.717. The number of nitrogens with zero attached hydrogens (tertiary/aromatic N) is 1. The van der Waals surface area contributed by atoms with E-state index in [-0.39, 0.29) is 0 Å². The topological polar surface area (TPSA) is 15.3 Å². The molecule has 1 aromatic carbocycles. The summed E-state index contributed by atoms with van der Waals surface area (Å²) in [6.45, 7) is 3.29. The fraction of sp³-hybridized carbons (Fsp3) is 0.600. The lowest BCUT2D eigenvalue weighted by Crippen LogP contribution is -2.49. The highest BCUT2D eigenvalue weighted by Gasteiger charge is 2.40. The number of hydrogen-bond donors (Lipinski definition) is 1. The largest absolute Gasteiger partial charge is 0.365 e. The van der Waals surface area contributed by atoms with Crippen molar-refractivity contribution < 1.29 is 0 Å². The molecule has 2 bridgehead atoms. The maximum absolute atomic E-state index is 5.97. The van der Waals surface area contributed by atoms with Crippen molar-refractivity contribution in [2.75, 3.05) is 11.4 Å². The molecule has 2 atom stereocenters. The van der Waals surface area contributed by atoms with Gasteiger partial charge < -0.3 is 10.2 Å². The van der Waals surface area contributed by atoms with Crippen molar-refractivity contribution in [1.29, 1.82) is 0 Å². The molecule has 3 rings (SSSR count). The number of halogens is 1. The van der Waals surface area contributed by atoms with Crippen LogP contribution in [0, 0.1) is 0 Å². The summed E-state index contributed by atoms with van der Waals surface area (Å²) in [6.07, 6.45) is 5.25. The summed E-state index contributed by atoms with van der Waals surface area (Å²) in [6, 6.07) is 10.5. The van der Waals surface area contributed by atoms with Crippen molar-refractivity contribution in [3.8, 4) is 0 Å². The normalized spacial score (nSPS) is 30.8. The van der Waals surface area contributed by atoms with Crippen molar-refractivity contribution in [2.45, 2.75) is 50.7 Å². The first-order valence-electron chi connectivity index (χ1n) is 7.05. The van der Waals surface area contributed by atoms with Gasteiger partial charge in [-0.05, 0) is 56.5 Å². The van der Waals surface area contributed by atoms with Gasteiger partial charge in [0, 0.05) is 28.8 Å². The van der Waals surface area contributed by atoms with Crippen LogP contribution in [0.4, 0.5) is 5.69 Å². The molecule has 2 aliphatic rings. The third-order valence-electron chi connectivity index (χ3n) is 4.35. The fourth-order valence-corrected chi connectivity index (χ4v) is 3.79. The van der Waals surface area contributed by atoms with E-state index in [1.54, 1.807) is 0 Å². The first-order chi connectivity index (χ1) is 8.78. The van der Waals surface area contributed by atoms with Crippen LogP contribution >= 0.6 is 11.6 Å². The summed E-state index contributed by atoms with van der Waals surface area (Å²) in [4.78, 5) is 2.63. The van der Waals surface area contributed by atoms with E-state index in [2.05, 4.69) is 29.3 Å². The van der Waals surface area contributed by atoms with Gasteiger partial charge in [-0.3, -0.25) is 0 Å². The first kappa shape index (κ1) is 12.3. The number of nitrogens with one attached hydrogen (secondary N) is 1. The van der Waals surface area contributed by atoms with Gasteiger partial charge >= 0.3 is 0 Å². The second-order valence-corrected chi connectivity index (χ2v) is 5.93. The van der Waals surface area contributed by atoms with Gasteiger partial charge in [0.25, 0.3) is 0 Å². The van der Waals surface area contributed by atoms with Gasteiger partial charge in [-0.2, -0.15) is 0 Å². The molecule has 1 aromatic rings. The Labute approximate surface area is 114 Å². The van der Waals surface area contributed by atoms with Crippen LogP contribution in [0.2, 0.25) is 5.02 Å². The lowest BCUT2D eigenvalue weighted by molar-refractivity contribution is 0.361. The van der Waals surface area contributed by atoms with E-state index in [4.69, 9.17) is 11.6 Å². The molecule has 0 amide bonds. The van der Waals surface area contributed by atoms with E-state index in [0.717, 1.165) is 17.6 Å². The molecule has 2 nitrogen and oxygen atoms in total. The summed E-state index contributed by atoms with van der Waals surface area (Å²) in [7, 11) is 0. The zero-order chi connectivity index (χ0) is 12.5. The lowest BCUT2D eigenvalue weighted by Gasteiger charge is -2.41. The highest BCUT2D eigenvalue weighted by Crippen LogP contribution is 2.39. The second kappa shape index (κ2) is 5.10. The van der Waals surface area contributed by atoms with E-state index in [0.29, 0.717) is 12.1 Å². The molecule has 18 heavy (non-hydrogen) atoms. The zero-order valence-corrected chi connectivity index (χ0v) is 11.7. The summed E-state index contributed by atoms with van der Waals surface area (Å²) in [5.74, 6) is 0. The molecule has 2 fully saturated rings. The molecule has 3 heteroatoms. The predicted octanol–water partition coefficient (Wildman–Crippen LogP) is 3.45. The third kappa shape index (κ3) is 2.24. The molecule has 0 spiro atoms. The van der Waals surface area contributed by atoms with Crippen LogP contribution in [0.15, 0.2) is 24.3 Å². The molecule has 0 radical (unpaired) electrons. The lowest BCUT2D eigenvalue weighted by atomic mass is 9.96. The Morgan fingerprint density at radius 2 is 1.78 bits per heavy atom. The molecule has 1 N–H and O–H groups in total. The first-order valence-corrected chi connectivity index (χ1v) is 7.43. The van der Waals surface area contributed by atoms with Crippen molar-refractivity contribution in [3.63, 3.8) is 0 Å². The summed E-state index contributed by atoms with van der Waals surface area (Å²) in [5.41, 5.74) is 1.35. The summed E-state index contributed by atoms with van der Waals surface area (Å²) in [5, 5.41) is 4.45. The van der Waals surface area contributed by atoms with Crippen molar-refractivity contribution in [2.24, 2.45) is 0 Å². The third-order valence-corrected chi connectivity index (χ3v) is 4.60. The fourth-order valence-electron chi connectivity index (χ4n) is 3.67. The van der Waals surface area contributed by atoms with Crippen LogP contribution in [-0.4, -0.2) is 24.7 Å². The highest BCUT2D eigenvalue weighted by molar-refractivity contribution is 6.30. The second-order valence-electron chi connectivity index (χ2n) is 5.49. The number of fused-ring (bicyclic) bond motifs is 2. The van der Waals surface area contributed by atoms with Crippen LogP contribution in [0.3, 0.4) is 0 Å². The molecule has 0 saturated carbocycles. The molecule has 2 aliphatic heterocycles. The average Bonchev–Trinajstić information content (AvgIpc) is 2.63. The van der Waals surface area contributed by atoms with Gasteiger partial charge in [-0.25, -0.2) is 0 Å². The molecule has 2 unspecified atom stereocenters. The zero-order valence-electron chi connectivity index (χ0n) is 10.9. The molecular weight excluding hydrogens is 244 g/mol. The van der Waals surface area contributed by atoms with E-state index < -0.39 is 0 Å². The van der Waals surface area contributed by atoms with Crippen LogP contribution in [0.5, 0.6) is 0 Å². The standard InChI is InChI=1S/C15H21ClN2/c1-2-17-12-9-14-7-8-15(10-12)18(14)13-5-3-11(16)4-6-13/h3-6,12,14-15,17H,2,7-10H2,1H3. The number of hydrogen-bond acceptors (Lipinski definition) is 2. The van der Waals surface area contributed by atoms with Gasteiger partial charge in [-0.15, -0.1) is 0 Å². The van der Waals surface area contributed by atoms with Crippen LogP contribution < -0.4 is 10.2 Å². The Morgan fingerprint density at radius 1 is 1.17 bits per heavy atom. The Balaban J connectivity index is 1.77. The Kier molecular flexibility index (Phi) is 3.49. The number of anilines is 1. The number of rotatable bonds is 3. The van der Waals surface area contributed by atoms with Gasteiger partial charge in [0.05, 0.1) is 0 Å². The van der Waals surface area contributed by atoms with E-state index in [1.807, 2.05) is 12.1 Å². The van der Waals surface area contributed by atoms with Gasteiger partial charge in [0.1, 0.15) is 0 Å². The van der Waals surface area contributed by atoms with Gasteiger partial charge in [0.2, 0.25) is 0 Å². The Morgan fingerprint density at radius 3 is 2.33 bits per heavy atom. The van der Waals surface area contributed by atoms with E-state index in [1.165, 1.54) is 31.4 Å². The Bertz CT molecular complexity index is 389. The van der Waals surface area contributed by atoms with Crippen LogP contribution in [-0.2, 0) is 0 Å². The molecule has 2 heterocycles. The SMILES string of the molecule is CCNC1CC2CCC(C1)N2c1ccc(Cl)cc1.